The Morgan fingerprint density at radius 2 is 2.25 bits per heavy atom. The smallest absolute Gasteiger partial charge is 0.234 e. The van der Waals surface area contributed by atoms with Crippen LogP contribution in [0.25, 0.3) is 10.9 Å². The molecule has 0 aliphatic heterocycles. The van der Waals surface area contributed by atoms with E-state index >= 15 is 0 Å². The van der Waals surface area contributed by atoms with Crippen molar-refractivity contribution in [3.8, 4) is 0 Å². The highest BCUT2D eigenvalue weighted by atomic mass is 16.5. The Labute approximate surface area is 118 Å². The molecule has 5 nitrogen and oxygen atoms in total. The zero-order valence-corrected chi connectivity index (χ0v) is 12.0. The van der Waals surface area contributed by atoms with Crippen molar-refractivity contribution >= 4 is 16.8 Å². The molecule has 1 aromatic carbocycles. The first-order chi connectivity index (χ1) is 9.69. The van der Waals surface area contributed by atoms with Crippen molar-refractivity contribution in [1.82, 2.24) is 15.2 Å². The van der Waals surface area contributed by atoms with E-state index in [1.165, 1.54) is 5.39 Å². The molecule has 20 heavy (non-hydrogen) atoms. The molecule has 0 spiro atoms. The highest BCUT2D eigenvalue weighted by molar-refractivity contribution is 5.80. The summed E-state index contributed by atoms with van der Waals surface area (Å²) in [6, 6.07) is 8.18. The second-order valence-corrected chi connectivity index (χ2v) is 4.91. The number of nitrogens with one attached hydrogen (secondary N) is 2. The van der Waals surface area contributed by atoms with Crippen LogP contribution in [0.1, 0.15) is 5.56 Å². The molecule has 0 fully saturated rings. The maximum Gasteiger partial charge on any atom is 0.234 e. The molecule has 0 radical (unpaired) electrons. The van der Waals surface area contributed by atoms with E-state index < -0.39 is 0 Å². The van der Waals surface area contributed by atoms with Crippen LogP contribution >= 0.6 is 0 Å². The fourth-order valence-electron chi connectivity index (χ4n) is 2.03. The van der Waals surface area contributed by atoms with Crippen LogP contribution in [0.2, 0.25) is 0 Å². The summed E-state index contributed by atoms with van der Waals surface area (Å²) in [5, 5.41) is 4.11. The summed E-state index contributed by atoms with van der Waals surface area (Å²) in [4.78, 5) is 16.9. The zero-order valence-electron chi connectivity index (χ0n) is 12.0. The van der Waals surface area contributed by atoms with Crippen molar-refractivity contribution in [2.24, 2.45) is 0 Å². The van der Waals surface area contributed by atoms with E-state index in [0.29, 0.717) is 19.7 Å². The topological polar surface area (TPSA) is 57.4 Å². The predicted octanol–water partition coefficient (Wildman–Crippen LogP) is 1.36. The number of rotatable bonds is 7. The minimum absolute atomic E-state index is 0.0233. The average Bonchev–Trinajstić information content (AvgIpc) is 2.90. The van der Waals surface area contributed by atoms with Crippen LogP contribution < -0.4 is 5.32 Å². The molecule has 0 saturated heterocycles. The Hall–Kier alpha value is -1.85. The van der Waals surface area contributed by atoms with Gasteiger partial charge in [0, 0.05) is 31.9 Å². The Bertz CT molecular complexity index is 565. The van der Waals surface area contributed by atoms with E-state index in [0.717, 1.165) is 17.6 Å². The van der Waals surface area contributed by atoms with Gasteiger partial charge in [0.15, 0.2) is 0 Å². The maximum absolute atomic E-state index is 11.8. The summed E-state index contributed by atoms with van der Waals surface area (Å²) < 4.78 is 4.98. The summed E-state index contributed by atoms with van der Waals surface area (Å²) >= 11 is 0. The lowest BCUT2D eigenvalue weighted by Gasteiger charge is -2.15. The average molecular weight is 275 g/mol. The number of nitrogens with zero attached hydrogens (tertiary/aromatic N) is 1. The third-order valence-electron chi connectivity index (χ3n) is 3.20. The SMILES string of the molecule is COCCN(C)CC(=O)NCc1ccc2cc[nH]c2c1. The Kier molecular flexibility index (Phi) is 5.15. The molecule has 1 amide bonds. The molecule has 1 aromatic heterocycles. The fourth-order valence-corrected chi connectivity index (χ4v) is 2.03. The number of benzene rings is 1. The summed E-state index contributed by atoms with van der Waals surface area (Å²) in [7, 11) is 3.56. The molecule has 1 heterocycles. The number of fused-ring (bicyclic) bond motifs is 1. The van der Waals surface area contributed by atoms with E-state index in [-0.39, 0.29) is 5.91 Å². The van der Waals surface area contributed by atoms with Crippen LogP contribution in [0, 0.1) is 0 Å². The van der Waals surface area contributed by atoms with Crippen LogP contribution in [-0.2, 0) is 16.1 Å². The number of likely N-dealkylation sites (N-methyl/N-ethyl adjacent to an activating group) is 1. The molecular formula is C15H21N3O2. The highest BCUT2D eigenvalue weighted by Gasteiger charge is 2.06. The van der Waals surface area contributed by atoms with Gasteiger partial charge in [-0.2, -0.15) is 0 Å². The van der Waals surface area contributed by atoms with Gasteiger partial charge in [0.05, 0.1) is 13.2 Å². The summed E-state index contributed by atoms with van der Waals surface area (Å²) in [5.41, 5.74) is 2.18. The van der Waals surface area contributed by atoms with Crippen LogP contribution in [0.5, 0.6) is 0 Å². The zero-order chi connectivity index (χ0) is 14.4. The quantitative estimate of drug-likeness (QED) is 0.802. The monoisotopic (exact) mass is 275 g/mol. The van der Waals surface area contributed by atoms with Crippen LogP contribution in [0.15, 0.2) is 30.5 Å². The van der Waals surface area contributed by atoms with Crippen molar-refractivity contribution in [2.45, 2.75) is 6.54 Å². The van der Waals surface area contributed by atoms with Gasteiger partial charge < -0.3 is 15.0 Å². The number of aromatic amines is 1. The van der Waals surface area contributed by atoms with Crippen molar-refractivity contribution < 1.29 is 9.53 Å². The first-order valence-electron chi connectivity index (χ1n) is 6.69. The normalized spacial score (nSPS) is 11.2. The summed E-state index contributed by atoms with van der Waals surface area (Å²) in [5.74, 6) is 0.0233. The van der Waals surface area contributed by atoms with Gasteiger partial charge in [-0.05, 0) is 30.1 Å². The van der Waals surface area contributed by atoms with Crippen molar-refractivity contribution in [3.05, 3.63) is 36.0 Å². The van der Waals surface area contributed by atoms with Gasteiger partial charge in [-0.25, -0.2) is 0 Å². The molecule has 2 rings (SSSR count). The van der Waals surface area contributed by atoms with Crippen LogP contribution in [-0.4, -0.2) is 49.6 Å². The number of aromatic nitrogens is 1. The number of H-pyrrole nitrogens is 1. The molecule has 2 aromatic rings. The summed E-state index contributed by atoms with van der Waals surface area (Å²) in [6.45, 7) is 2.31. The Morgan fingerprint density at radius 1 is 1.40 bits per heavy atom. The summed E-state index contributed by atoms with van der Waals surface area (Å²) in [6.07, 6.45) is 1.91. The molecule has 0 aliphatic carbocycles. The highest BCUT2D eigenvalue weighted by Crippen LogP contribution is 2.13. The lowest BCUT2D eigenvalue weighted by molar-refractivity contribution is -0.122. The van der Waals surface area contributed by atoms with Gasteiger partial charge in [0.1, 0.15) is 0 Å². The van der Waals surface area contributed by atoms with Gasteiger partial charge in [0.25, 0.3) is 0 Å². The molecular weight excluding hydrogens is 254 g/mol. The third kappa shape index (κ3) is 4.08. The van der Waals surface area contributed by atoms with E-state index in [4.69, 9.17) is 4.74 Å². The first-order valence-corrected chi connectivity index (χ1v) is 6.69. The molecule has 5 heteroatoms. The van der Waals surface area contributed by atoms with E-state index in [2.05, 4.69) is 22.4 Å². The Morgan fingerprint density at radius 3 is 3.05 bits per heavy atom. The van der Waals surface area contributed by atoms with Gasteiger partial charge in [-0.1, -0.05) is 12.1 Å². The standard InChI is InChI=1S/C15H21N3O2/c1-18(7-8-20-2)11-15(19)17-10-12-3-4-13-5-6-16-14(13)9-12/h3-6,9,16H,7-8,10-11H2,1-2H3,(H,17,19). The second-order valence-electron chi connectivity index (χ2n) is 4.91. The Balaban J connectivity index is 1.80. The van der Waals surface area contributed by atoms with Crippen molar-refractivity contribution in [3.63, 3.8) is 0 Å². The number of amides is 1. The molecule has 0 atom stereocenters. The first kappa shape index (κ1) is 14.6. The lowest BCUT2D eigenvalue weighted by atomic mass is 10.1. The number of ether oxygens (including phenoxy) is 1. The second kappa shape index (κ2) is 7.07. The lowest BCUT2D eigenvalue weighted by Crippen LogP contribution is -2.36. The molecule has 108 valence electrons. The number of hydrogen-bond donors (Lipinski definition) is 2. The van der Waals surface area contributed by atoms with E-state index in [9.17, 15) is 4.79 Å². The predicted molar refractivity (Wildman–Crippen MR) is 79.5 cm³/mol. The minimum Gasteiger partial charge on any atom is -0.383 e. The largest absolute Gasteiger partial charge is 0.383 e. The number of carbonyl (C=O) groups is 1. The van der Waals surface area contributed by atoms with E-state index in [1.54, 1.807) is 7.11 Å². The molecule has 0 saturated carbocycles. The molecule has 0 unspecified atom stereocenters. The number of carbonyl (C=O) groups excluding carboxylic acids is 1. The minimum atomic E-state index is 0.0233. The van der Waals surface area contributed by atoms with Crippen LogP contribution in [0.4, 0.5) is 0 Å². The van der Waals surface area contributed by atoms with Crippen LogP contribution in [0.3, 0.4) is 0 Å². The molecule has 0 aliphatic rings. The van der Waals surface area contributed by atoms with Gasteiger partial charge in [-0.15, -0.1) is 0 Å². The molecule has 0 bridgehead atoms. The maximum atomic E-state index is 11.8. The van der Waals surface area contributed by atoms with Gasteiger partial charge in [0.2, 0.25) is 5.91 Å². The van der Waals surface area contributed by atoms with E-state index in [1.807, 2.05) is 30.3 Å². The molecule has 2 N–H and O–H groups in total. The van der Waals surface area contributed by atoms with Crippen molar-refractivity contribution in [2.75, 3.05) is 33.9 Å². The number of hydrogen-bond acceptors (Lipinski definition) is 3. The fraction of sp³-hybridized carbons (Fsp3) is 0.400. The van der Waals surface area contributed by atoms with Gasteiger partial charge in [-0.3, -0.25) is 9.69 Å². The van der Waals surface area contributed by atoms with Crippen molar-refractivity contribution in [1.29, 1.82) is 0 Å². The third-order valence-corrected chi connectivity index (χ3v) is 3.20. The number of methoxy groups -OCH3 is 1. The van der Waals surface area contributed by atoms with Gasteiger partial charge >= 0.3 is 0 Å².